The van der Waals surface area contributed by atoms with Crippen LogP contribution in [0, 0.1) is 5.82 Å². The maximum absolute atomic E-state index is 13.4. The average molecular weight is 260 g/mol. The number of halogens is 1. The van der Waals surface area contributed by atoms with Gasteiger partial charge >= 0.3 is 0 Å². The van der Waals surface area contributed by atoms with Gasteiger partial charge in [-0.3, -0.25) is 4.79 Å². The fourth-order valence-corrected chi connectivity index (χ4v) is 2.45. The predicted molar refractivity (Wildman–Crippen MR) is 72.4 cm³/mol. The molecule has 0 unspecified atom stereocenters. The number of benzene rings is 2. The molecule has 0 amide bonds. The van der Waals surface area contributed by atoms with E-state index < -0.39 is 0 Å². The Morgan fingerprint density at radius 3 is 2.39 bits per heavy atom. The third kappa shape index (κ3) is 3.20. The molecule has 3 heteroatoms. The normalized spacial score (nSPS) is 10.3. The van der Waals surface area contributed by atoms with E-state index in [2.05, 4.69) is 0 Å². The molecule has 2 aromatic carbocycles. The summed E-state index contributed by atoms with van der Waals surface area (Å²) in [5.41, 5.74) is 1.39. The van der Waals surface area contributed by atoms with E-state index in [1.165, 1.54) is 6.07 Å². The van der Waals surface area contributed by atoms with Crippen molar-refractivity contribution in [3.8, 4) is 0 Å². The van der Waals surface area contributed by atoms with Crippen molar-refractivity contribution in [1.29, 1.82) is 0 Å². The molecule has 2 rings (SSSR count). The lowest BCUT2D eigenvalue weighted by Crippen LogP contribution is -1.91. The second-order valence-electron chi connectivity index (χ2n) is 3.96. The summed E-state index contributed by atoms with van der Waals surface area (Å²) in [6.45, 7) is 1.54. The highest BCUT2D eigenvalue weighted by molar-refractivity contribution is 7.98. The molecule has 0 bridgehead atoms. The summed E-state index contributed by atoms with van der Waals surface area (Å²) in [7, 11) is 0. The summed E-state index contributed by atoms with van der Waals surface area (Å²) >= 11 is 1.56. The zero-order chi connectivity index (χ0) is 13.0. The van der Waals surface area contributed by atoms with Crippen LogP contribution in [0.25, 0.3) is 0 Å². The molecular formula is C15H13FOS. The Morgan fingerprint density at radius 1 is 1.11 bits per heavy atom. The number of Topliss-reactive ketones (excluding diaryl/α,β-unsaturated/α-hetero) is 1. The van der Waals surface area contributed by atoms with Crippen molar-refractivity contribution in [3.63, 3.8) is 0 Å². The third-order valence-electron chi connectivity index (χ3n) is 2.61. The lowest BCUT2D eigenvalue weighted by molar-refractivity contribution is 0.101. The smallest absolute Gasteiger partial charge is 0.159 e. The molecule has 0 heterocycles. The molecule has 18 heavy (non-hydrogen) atoms. The minimum atomic E-state index is -0.176. The summed E-state index contributed by atoms with van der Waals surface area (Å²) in [6.07, 6.45) is 0. The Balaban J connectivity index is 2.02. The van der Waals surface area contributed by atoms with E-state index in [0.29, 0.717) is 16.9 Å². The Hall–Kier alpha value is -1.61. The van der Waals surface area contributed by atoms with Crippen molar-refractivity contribution in [2.45, 2.75) is 17.6 Å². The van der Waals surface area contributed by atoms with E-state index in [-0.39, 0.29) is 11.6 Å². The quantitative estimate of drug-likeness (QED) is 0.601. The lowest BCUT2D eigenvalue weighted by Gasteiger charge is -2.04. The first-order chi connectivity index (χ1) is 8.66. The third-order valence-corrected chi connectivity index (χ3v) is 3.67. The Bertz CT molecular complexity index is 549. The Morgan fingerprint density at radius 2 is 1.78 bits per heavy atom. The highest BCUT2D eigenvalue weighted by Gasteiger charge is 2.03. The minimum absolute atomic E-state index is 0.0562. The van der Waals surface area contributed by atoms with E-state index >= 15 is 0 Å². The van der Waals surface area contributed by atoms with Gasteiger partial charge < -0.3 is 0 Å². The molecule has 0 atom stereocenters. The number of ketones is 1. The molecular weight excluding hydrogens is 247 g/mol. The number of hydrogen-bond acceptors (Lipinski definition) is 2. The van der Waals surface area contributed by atoms with Crippen molar-refractivity contribution in [2.24, 2.45) is 0 Å². The van der Waals surface area contributed by atoms with E-state index in [1.807, 2.05) is 18.2 Å². The van der Waals surface area contributed by atoms with Gasteiger partial charge in [0.15, 0.2) is 5.78 Å². The highest BCUT2D eigenvalue weighted by Crippen LogP contribution is 2.24. The van der Waals surface area contributed by atoms with Crippen LogP contribution in [0.3, 0.4) is 0 Å². The molecule has 92 valence electrons. The second kappa shape index (κ2) is 5.83. The van der Waals surface area contributed by atoms with Crippen LogP contribution in [0.4, 0.5) is 4.39 Å². The monoisotopic (exact) mass is 260 g/mol. The summed E-state index contributed by atoms with van der Waals surface area (Å²) in [5, 5.41) is 0. The number of hydrogen-bond donors (Lipinski definition) is 0. The molecule has 0 radical (unpaired) electrons. The number of carbonyl (C=O) groups excluding carboxylic acids is 1. The van der Waals surface area contributed by atoms with Crippen LogP contribution >= 0.6 is 11.8 Å². The first-order valence-electron chi connectivity index (χ1n) is 5.64. The Labute approximate surface area is 110 Å². The standard InChI is InChI=1S/C15H13FOS/c1-11(17)12-6-8-14(9-7-12)18-10-13-4-2-3-5-15(13)16/h2-9H,10H2,1H3. The van der Waals surface area contributed by atoms with Crippen molar-refractivity contribution < 1.29 is 9.18 Å². The van der Waals surface area contributed by atoms with Gasteiger partial charge in [-0.2, -0.15) is 0 Å². The van der Waals surface area contributed by atoms with E-state index in [9.17, 15) is 9.18 Å². The van der Waals surface area contributed by atoms with Gasteiger partial charge in [-0.25, -0.2) is 4.39 Å². The van der Waals surface area contributed by atoms with Gasteiger partial charge in [0.05, 0.1) is 0 Å². The van der Waals surface area contributed by atoms with Crippen LogP contribution in [0.15, 0.2) is 53.4 Å². The second-order valence-corrected chi connectivity index (χ2v) is 5.01. The summed E-state index contributed by atoms with van der Waals surface area (Å²) in [5.74, 6) is 0.470. The molecule has 0 fully saturated rings. The molecule has 0 N–H and O–H groups in total. The predicted octanol–water partition coefficient (Wildman–Crippen LogP) is 4.32. The molecule has 0 aliphatic heterocycles. The minimum Gasteiger partial charge on any atom is -0.295 e. The maximum Gasteiger partial charge on any atom is 0.159 e. The summed E-state index contributed by atoms with van der Waals surface area (Å²) in [4.78, 5) is 12.2. The van der Waals surface area contributed by atoms with E-state index in [0.717, 1.165) is 4.90 Å². The zero-order valence-corrected chi connectivity index (χ0v) is 10.8. The molecule has 2 aromatic rings. The van der Waals surface area contributed by atoms with Crippen LogP contribution in [-0.2, 0) is 5.75 Å². The topological polar surface area (TPSA) is 17.1 Å². The van der Waals surface area contributed by atoms with Gasteiger partial charge in [-0.05, 0) is 30.7 Å². The van der Waals surface area contributed by atoms with Gasteiger partial charge in [0.25, 0.3) is 0 Å². The summed E-state index contributed by atoms with van der Waals surface area (Å²) < 4.78 is 13.4. The van der Waals surface area contributed by atoms with Crippen molar-refractivity contribution >= 4 is 17.5 Å². The van der Waals surface area contributed by atoms with Gasteiger partial charge in [-0.1, -0.05) is 30.3 Å². The molecule has 0 saturated carbocycles. The summed E-state index contributed by atoms with van der Waals surface area (Å²) in [6, 6.07) is 14.1. The van der Waals surface area contributed by atoms with E-state index in [1.54, 1.807) is 43.0 Å². The van der Waals surface area contributed by atoms with Gasteiger partial charge in [0.1, 0.15) is 5.82 Å². The van der Waals surface area contributed by atoms with Crippen LogP contribution in [0.2, 0.25) is 0 Å². The molecule has 0 aliphatic rings. The van der Waals surface area contributed by atoms with Crippen LogP contribution in [0.5, 0.6) is 0 Å². The molecule has 0 aliphatic carbocycles. The van der Waals surface area contributed by atoms with Crippen LogP contribution in [0.1, 0.15) is 22.8 Å². The number of thioether (sulfide) groups is 1. The first-order valence-corrected chi connectivity index (χ1v) is 6.62. The molecule has 0 saturated heterocycles. The van der Waals surface area contributed by atoms with Gasteiger partial charge in [-0.15, -0.1) is 11.8 Å². The number of carbonyl (C=O) groups is 1. The largest absolute Gasteiger partial charge is 0.295 e. The fraction of sp³-hybridized carbons (Fsp3) is 0.133. The fourth-order valence-electron chi connectivity index (χ4n) is 1.56. The molecule has 1 nitrogen and oxygen atoms in total. The first kappa shape index (κ1) is 12.8. The zero-order valence-electron chi connectivity index (χ0n) is 10.0. The van der Waals surface area contributed by atoms with Crippen LogP contribution < -0.4 is 0 Å². The van der Waals surface area contributed by atoms with Gasteiger partial charge in [0.2, 0.25) is 0 Å². The van der Waals surface area contributed by atoms with Crippen molar-refractivity contribution in [1.82, 2.24) is 0 Å². The van der Waals surface area contributed by atoms with Crippen molar-refractivity contribution in [2.75, 3.05) is 0 Å². The number of rotatable bonds is 4. The van der Waals surface area contributed by atoms with Crippen LogP contribution in [-0.4, -0.2) is 5.78 Å². The Kier molecular flexibility index (Phi) is 4.15. The van der Waals surface area contributed by atoms with E-state index in [4.69, 9.17) is 0 Å². The lowest BCUT2D eigenvalue weighted by atomic mass is 10.2. The van der Waals surface area contributed by atoms with Gasteiger partial charge in [0, 0.05) is 16.2 Å². The average Bonchev–Trinajstić information content (AvgIpc) is 2.38. The highest BCUT2D eigenvalue weighted by atomic mass is 32.2. The van der Waals surface area contributed by atoms with Crippen molar-refractivity contribution in [3.05, 3.63) is 65.5 Å². The molecule has 0 aromatic heterocycles. The SMILES string of the molecule is CC(=O)c1ccc(SCc2ccccc2F)cc1. The molecule has 0 spiro atoms. The maximum atomic E-state index is 13.4.